The Morgan fingerprint density at radius 2 is 2.25 bits per heavy atom. The molecule has 0 heterocycles. The average Bonchev–Trinajstić information content (AvgIpc) is 2.03. The Bertz CT molecular complexity index is 263. The van der Waals surface area contributed by atoms with Crippen molar-refractivity contribution in [2.75, 3.05) is 13.0 Å². The van der Waals surface area contributed by atoms with E-state index < -0.39 is 0 Å². The lowest BCUT2D eigenvalue weighted by molar-refractivity contribution is 0.259. The second-order valence-electron chi connectivity index (χ2n) is 2.48. The quantitative estimate of drug-likeness (QED) is 0.480. The molecule has 0 spiro atoms. The molecule has 1 nitrogen and oxygen atoms in total. The highest BCUT2D eigenvalue weighted by Gasteiger charge is 1.99. The van der Waals surface area contributed by atoms with Crippen molar-refractivity contribution in [2.45, 2.75) is 11.8 Å². The summed E-state index contributed by atoms with van der Waals surface area (Å²) in [7, 11) is 1.72. The smallest absolute Gasteiger partial charge is 0.0963 e. The molecule has 0 saturated heterocycles. The Labute approximate surface area is 91.0 Å². The largest absolute Gasteiger partial charge is 0.374 e. The molecule has 0 radical (unpaired) electrons. The van der Waals surface area contributed by atoms with Crippen LogP contribution < -0.4 is 0 Å². The molecule has 0 amide bonds. The van der Waals surface area contributed by atoms with Crippen LogP contribution in [0, 0.1) is 10.5 Å². The summed E-state index contributed by atoms with van der Waals surface area (Å²) in [6, 6.07) is 6.44. The summed E-state index contributed by atoms with van der Waals surface area (Å²) < 4.78 is 6.29. The summed E-state index contributed by atoms with van der Waals surface area (Å²) in [4.78, 5) is 1.29. The van der Waals surface area contributed by atoms with E-state index in [9.17, 15) is 0 Å². The zero-order valence-corrected chi connectivity index (χ0v) is 10.1. The Kier molecular flexibility index (Phi) is 4.39. The molecule has 1 aromatic carbocycles. The van der Waals surface area contributed by atoms with Crippen LogP contribution in [0.3, 0.4) is 0 Å². The fourth-order valence-electron chi connectivity index (χ4n) is 0.845. The monoisotopic (exact) mass is 294 g/mol. The van der Waals surface area contributed by atoms with Crippen molar-refractivity contribution in [3.63, 3.8) is 0 Å². The van der Waals surface area contributed by atoms with E-state index in [2.05, 4.69) is 47.7 Å². The minimum absolute atomic E-state index is 0.721. The number of halogens is 1. The van der Waals surface area contributed by atoms with Crippen LogP contribution in [0.25, 0.3) is 0 Å². The van der Waals surface area contributed by atoms with Crippen LogP contribution in [0.2, 0.25) is 0 Å². The molecular weight excluding hydrogens is 283 g/mol. The third kappa shape index (κ3) is 2.95. The van der Waals surface area contributed by atoms with Crippen LogP contribution in [0.5, 0.6) is 0 Å². The molecular formula is C9H11IOS. The average molecular weight is 294 g/mol. The van der Waals surface area contributed by atoms with Crippen molar-refractivity contribution in [3.05, 3.63) is 27.3 Å². The van der Waals surface area contributed by atoms with Crippen molar-refractivity contribution in [3.8, 4) is 0 Å². The topological polar surface area (TPSA) is 9.23 Å². The molecule has 0 aromatic heterocycles. The molecule has 1 aromatic rings. The van der Waals surface area contributed by atoms with Crippen LogP contribution in [-0.2, 0) is 4.74 Å². The van der Waals surface area contributed by atoms with Crippen LogP contribution >= 0.6 is 34.4 Å². The minimum Gasteiger partial charge on any atom is -0.374 e. The lowest BCUT2D eigenvalue weighted by Gasteiger charge is -2.03. The fraction of sp³-hybridized carbons (Fsp3) is 0.333. The van der Waals surface area contributed by atoms with Crippen molar-refractivity contribution >= 4 is 34.4 Å². The van der Waals surface area contributed by atoms with E-state index in [-0.39, 0.29) is 0 Å². The van der Waals surface area contributed by atoms with Gasteiger partial charge in [0.15, 0.2) is 0 Å². The molecule has 0 bridgehead atoms. The summed E-state index contributed by atoms with van der Waals surface area (Å²) in [5, 5.41) is 0. The van der Waals surface area contributed by atoms with Gasteiger partial charge in [0.25, 0.3) is 0 Å². The van der Waals surface area contributed by atoms with Crippen LogP contribution in [-0.4, -0.2) is 13.0 Å². The molecule has 3 heteroatoms. The molecule has 0 aliphatic rings. The highest BCUT2D eigenvalue weighted by molar-refractivity contribution is 14.1. The second kappa shape index (κ2) is 5.09. The fourth-order valence-corrected chi connectivity index (χ4v) is 2.59. The maximum absolute atomic E-state index is 4.99. The molecule has 0 unspecified atom stereocenters. The predicted molar refractivity (Wildman–Crippen MR) is 61.6 cm³/mol. The zero-order chi connectivity index (χ0) is 8.97. The number of aryl methyl sites for hydroxylation is 1. The van der Waals surface area contributed by atoms with Crippen molar-refractivity contribution in [1.82, 2.24) is 0 Å². The second-order valence-corrected chi connectivity index (χ2v) is 4.61. The van der Waals surface area contributed by atoms with E-state index in [0.717, 1.165) is 5.94 Å². The van der Waals surface area contributed by atoms with Gasteiger partial charge in [-0.2, -0.15) is 0 Å². The van der Waals surface area contributed by atoms with Crippen LogP contribution in [0.1, 0.15) is 5.56 Å². The summed E-state index contributed by atoms with van der Waals surface area (Å²) in [5.74, 6) is 0.721. The number of benzene rings is 1. The van der Waals surface area contributed by atoms with Gasteiger partial charge < -0.3 is 4.74 Å². The van der Waals surface area contributed by atoms with Gasteiger partial charge in [0.05, 0.1) is 5.94 Å². The zero-order valence-electron chi connectivity index (χ0n) is 7.13. The highest BCUT2D eigenvalue weighted by Crippen LogP contribution is 2.24. The molecule has 0 N–H and O–H groups in total. The number of methoxy groups -OCH3 is 1. The SMILES string of the molecule is COCSc1ccc(C)cc1I. The first-order valence-corrected chi connectivity index (χ1v) is 5.68. The van der Waals surface area contributed by atoms with Crippen molar-refractivity contribution in [1.29, 1.82) is 0 Å². The number of ether oxygens (including phenoxy) is 1. The first-order chi connectivity index (χ1) is 5.74. The number of hydrogen-bond acceptors (Lipinski definition) is 2. The van der Waals surface area contributed by atoms with E-state index in [4.69, 9.17) is 4.74 Å². The number of hydrogen-bond donors (Lipinski definition) is 0. The van der Waals surface area contributed by atoms with Crippen LogP contribution in [0.4, 0.5) is 0 Å². The van der Waals surface area contributed by atoms with E-state index in [1.54, 1.807) is 18.9 Å². The summed E-state index contributed by atoms with van der Waals surface area (Å²) in [6.45, 7) is 2.10. The number of thioether (sulfide) groups is 1. The van der Waals surface area contributed by atoms with Crippen molar-refractivity contribution in [2.24, 2.45) is 0 Å². The molecule has 0 aliphatic heterocycles. The molecule has 12 heavy (non-hydrogen) atoms. The Morgan fingerprint density at radius 3 is 2.83 bits per heavy atom. The van der Waals surface area contributed by atoms with Gasteiger partial charge in [-0.05, 0) is 41.6 Å². The van der Waals surface area contributed by atoms with Crippen molar-refractivity contribution < 1.29 is 4.74 Å². The molecule has 0 aliphatic carbocycles. The first-order valence-electron chi connectivity index (χ1n) is 3.62. The first kappa shape index (κ1) is 10.3. The molecule has 1 rings (SSSR count). The molecule has 0 atom stereocenters. The lowest BCUT2D eigenvalue weighted by Crippen LogP contribution is -1.85. The Hall–Kier alpha value is 0.260. The predicted octanol–water partition coefficient (Wildman–Crippen LogP) is 3.30. The van der Waals surface area contributed by atoms with E-state index >= 15 is 0 Å². The number of rotatable bonds is 3. The van der Waals surface area contributed by atoms with E-state index in [0.29, 0.717) is 0 Å². The summed E-state index contributed by atoms with van der Waals surface area (Å²) in [6.07, 6.45) is 0. The van der Waals surface area contributed by atoms with Gasteiger partial charge in [-0.1, -0.05) is 23.4 Å². The van der Waals surface area contributed by atoms with Gasteiger partial charge in [0.1, 0.15) is 0 Å². The highest BCUT2D eigenvalue weighted by atomic mass is 127. The molecule has 0 saturated carbocycles. The molecule has 66 valence electrons. The van der Waals surface area contributed by atoms with E-state index in [1.165, 1.54) is 14.0 Å². The Morgan fingerprint density at radius 1 is 1.50 bits per heavy atom. The minimum atomic E-state index is 0.721. The van der Waals surface area contributed by atoms with Gasteiger partial charge in [-0.3, -0.25) is 0 Å². The maximum Gasteiger partial charge on any atom is 0.0963 e. The van der Waals surface area contributed by atoms with Gasteiger partial charge in [-0.25, -0.2) is 0 Å². The van der Waals surface area contributed by atoms with Gasteiger partial charge in [0, 0.05) is 15.6 Å². The van der Waals surface area contributed by atoms with E-state index in [1.807, 2.05) is 0 Å². The lowest BCUT2D eigenvalue weighted by atomic mass is 10.2. The standard InChI is InChI=1S/C9H11IOS/c1-7-3-4-9(8(10)5-7)12-6-11-2/h3-5H,6H2,1-2H3. The van der Waals surface area contributed by atoms with Gasteiger partial charge in [0.2, 0.25) is 0 Å². The molecule has 0 fully saturated rings. The maximum atomic E-state index is 4.99. The normalized spacial score (nSPS) is 10.2. The Balaban J connectivity index is 2.72. The van der Waals surface area contributed by atoms with Gasteiger partial charge >= 0.3 is 0 Å². The van der Waals surface area contributed by atoms with Crippen LogP contribution in [0.15, 0.2) is 23.1 Å². The summed E-state index contributed by atoms with van der Waals surface area (Å²) >= 11 is 4.08. The summed E-state index contributed by atoms with van der Waals surface area (Å²) in [5.41, 5.74) is 1.31. The third-order valence-electron chi connectivity index (χ3n) is 1.42. The van der Waals surface area contributed by atoms with Gasteiger partial charge in [-0.15, -0.1) is 0 Å². The third-order valence-corrected chi connectivity index (χ3v) is 3.70.